The Kier molecular flexibility index (Phi) is 5.84. The standard InChI is InChI=1S/C21H28F3N3OS/c1-19(2,3)25-17-16(26-9-11-28-12-10-26)20(4,5)18(29)27(17)15-8-6-7-14(13-15)21(22,23)24/h6-8,13,16H,9-12H2,1-5H3/t16-/m1/s1. The fraction of sp³-hybridized carbons (Fsp3) is 0.619. The summed E-state index contributed by atoms with van der Waals surface area (Å²) in [6.45, 7) is 12.7. The lowest BCUT2D eigenvalue weighted by molar-refractivity contribution is -0.137. The molecule has 0 amide bonds. The number of aliphatic imine (C=N–C) groups is 1. The number of hydrogen-bond acceptors (Lipinski definition) is 4. The molecule has 0 N–H and O–H groups in total. The van der Waals surface area contributed by atoms with Crippen LogP contribution in [0.4, 0.5) is 18.9 Å². The van der Waals surface area contributed by atoms with Crippen LogP contribution in [0.3, 0.4) is 0 Å². The van der Waals surface area contributed by atoms with Gasteiger partial charge < -0.3 is 4.74 Å². The molecule has 29 heavy (non-hydrogen) atoms. The zero-order valence-corrected chi connectivity index (χ0v) is 18.3. The highest BCUT2D eigenvalue weighted by Crippen LogP contribution is 2.42. The molecule has 2 aliphatic heterocycles. The zero-order chi connectivity index (χ0) is 21.6. The number of rotatable bonds is 2. The minimum atomic E-state index is -4.42. The van der Waals surface area contributed by atoms with Gasteiger partial charge in [-0.15, -0.1) is 0 Å². The predicted molar refractivity (Wildman–Crippen MR) is 114 cm³/mol. The summed E-state index contributed by atoms with van der Waals surface area (Å²) in [6, 6.07) is 5.19. The Morgan fingerprint density at radius 3 is 2.31 bits per heavy atom. The summed E-state index contributed by atoms with van der Waals surface area (Å²) in [5.74, 6) is 0.703. The Morgan fingerprint density at radius 2 is 1.76 bits per heavy atom. The van der Waals surface area contributed by atoms with Crippen molar-refractivity contribution in [2.75, 3.05) is 31.2 Å². The molecule has 2 fully saturated rings. The van der Waals surface area contributed by atoms with E-state index in [1.165, 1.54) is 6.07 Å². The summed E-state index contributed by atoms with van der Waals surface area (Å²) >= 11 is 5.81. The quantitative estimate of drug-likeness (QED) is 0.635. The highest BCUT2D eigenvalue weighted by Gasteiger charge is 2.52. The van der Waals surface area contributed by atoms with Gasteiger partial charge in [0.25, 0.3) is 0 Å². The van der Waals surface area contributed by atoms with Crippen LogP contribution in [0, 0.1) is 5.41 Å². The van der Waals surface area contributed by atoms with Gasteiger partial charge >= 0.3 is 6.18 Å². The molecular weight excluding hydrogens is 399 g/mol. The molecule has 1 aromatic carbocycles. The van der Waals surface area contributed by atoms with Gasteiger partial charge in [-0.1, -0.05) is 32.1 Å². The number of anilines is 1. The first-order valence-electron chi connectivity index (χ1n) is 9.76. The van der Waals surface area contributed by atoms with Gasteiger partial charge in [0.1, 0.15) is 5.84 Å². The zero-order valence-electron chi connectivity index (χ0n) is 17.5. The molecule has 0 unspecified atom stereocenters. The number of halogens is 3. The summed E-state index contributed by atoms with van der Waals surface area (Å²) in [7, 11) is 0. The van der Waals surface area contributed by atoms with Crippen LogP contribution < -0.4 is 4.90 Å². The van der Waals surface area contributed by atoms with E-state index in [-0.39, 0.29) is 6.04 Å². The summed E-state index contributed by atoms with van der Waals surface area (Å²) in [5.41, 5.74) is -1.17. The summed E-state index contributed by atoms with van der Waals surface area (Å²) in [5, 5.41) is 0. The van der Waals surface area contributed by atoms with Crippen molar-refractivity contribution >= 4 is 28.7 Å². The first-order valence-corrected chi connectivity index (χ1v) is 10.2. The summed E-state index contributed by atoms with van der Waals surface area (Å²) in [4.78, 5) is 9.56. The fourth-order valence-corrected chi connectivity index (χ4v) is 4.25. The van der Waals surface area contributed by atoms with Crippen LogP contribution in [0.1, 0.15) is 40.2 Å². The van der Waals surface area contributed by atoms with Gasteiger partial charge in [-0.2, -0.15) is 13.2 Å². The molecule has 4 nitrogen and oxygen atoms in total. The Labute approximate surface area is 175 Å². The number of nitrogens with zero attached hydrogens (tertiary/aromatic N) is 3. The molecule has 1 aromatic rings. The van der Waals surface area contributed by atoms with Gasteiger partial charge in [-0.3, -0.25) is 14.8 Å². The van der Waals surface area contributed by atoms with Crippen molar-refractivity contribution in [2.45, 2.75) is 52.4 Å². The molecule has 8 heteroatoms. The minimum absolute atomic E-state index is 0.132. The van der Waals surface area contributed by atoms with Crippen molar-refractivity contribution in [2.24, 2.45) is 10.4 Å². The van der Waals surface area contributed by atoms with Gasteiger partial charge in [0.05, 0.1) is 35.3 Å². The number of alkyl halides is 3. The molecule has 0 aromatic heterocycles. The van der Waals surface area contributed by atoms with E-state index in [1.807, 2.05) is 34.6 Å². The average molecular weight is 428 g/mol. The molecule has 0 saturated carbocycles. The first-order chi connectivity index (χ1) is 13.3. The van der Waals surface area contributed by atoms with Gasteiger partial charge in [0, 0.05) is 24.2 Å². The maximum absolute atomic E-state index is 13.3. The normalized spacial score (nSPS) is 25.1. The molecule has 1 atom stereocenters. The van der Waals surface area contributed by atoms with E-state index < -0.39 is 22.7 Å². The van der Waals surface area contributed by atoms with Gasteiger partial charge in [0.2, 0.25) is 0 Å². The molecule has 2 heterocycles. The number of morpholine rings is 1. The average Bonchev–Trinajstić information content (AvgIpc) is 2.79. The van der Waals surface area contributed by atoms with Crippen molar-refractivity contribution in [1.82, 2.24) is 4.90 Å². The number of ether oxygens (including phenoxy) is 1. The van der Waals surface area contributed by atoms with Crippen LogP contribution in [-0.4, -0.2) is 53.6 Å². The lowest BCUT2D eigenvalue weighted by Crippen LogP contribution is -2.52. The minimum Gasteiger partial charge on any atom is -0.379 e. The lowest BCUT2D eigenvalue weighted by atomic mass is 9.85. The molecule has 0 aliphatic carbocycles. The largest absolute Gasteiger partial charge is 0.416 e. The van der Waals surface area contributed by atoms with E-state index in [9.17, 15) is 13.2 Å². The van der Waals surface area contributed by atoms with E-state index in [2.05, 4.69) is 4.90 Å². The Morgan fingerprint density at radius 1 is 1.14 bits per heavy atom. The van der Waals surface area contributed by atoms with Gasteiger partial charge in [-0.25, -0.2) is 0 Å². The monoisotopic (exact) mass is 427 g/mol. The third kappa shape index (κ3) is 4.49. The molecule has 0 spiro atoms. The Balaban J connectivity index is 2.15. The second kappa shape index (κ2) is 7.63. The predicted octanol–water partition coefficient (Wildman–Crippen LogP) is 4.78. The smallest absolute Gasteiger partial charge is 0.379 e. The van der Waals surface area contributed by atoms with E-state index in [0.717, 1.165) is 25.2 Å². The second-order valence-electron chi connectivity index (χ2n) is 9.10. The molecule has 3 rings (SSSR count). The van der Waals surface area contributed by atoms with E-state index in [1.54, 1.807) is 11.0 Å². The van der Waals surface area contributed by atoms with Crippen molar-refractivity contribution < 1.29 is 17.9 Å². The van der Waals surface area contributed by atoms with Gasteiger partial charge in [-0.05, 0) is 39.0 Å². The maximum atomic E-state index is 13.3. The molecular formula is C21H28F3N3OS. The fourth-order valence-electron chi connectivity index (χ4n) is 3.94. The maximum Gasteiger partial charge on any atom is 0.416 e. The lowest BCUT2D eigenvalue weighted by Gasteiger charge is -2.38. The number of hydrogen-bond donors (Lipinski definition) is 0. The van der Waals surface area contributed by atoms with Crippen LogP contribution in [0.25, 0.3) is 0 Å². The Bertz CT molecular complexity index is 808. The molecule has 0 bridgehead atoms. The van der Waals surface area contributed by atoms with Crippen molar-refractivity contribution in [3.8, 4) is 0 Å². The van der Waals surface area contributed by atoms with Crippen molar-refractivity contribution in [3.05, 3.63) is 29.8 Å². The third-order valence-corrected chi connectivity index (χ3v) is 5.91. The topological polar surface area (TPSA) is 28.1 Å². The van der Waals surface area contributed by atoms with E-state index in [0.29, 0.717) is 29.7 Å². The van der Waals surface area contributed by atoms with Crippen LogP contribution in [0.15, 0.2) is 29.3 Å². The summed E-state index contributed by atoms with van der Waals surface area (Å²) in [6.07, 6.45) is -4.42. The third-order valence-electron chi connectivity index (χ3n) is 5.20. The molecule has 160 valence electrons. The van der Waals surface area contributed by atoms with Crippen molar-refractivity contribution in [3.63, 3.8) is 0 Å². The highest BCUT2D eigenvalue weighted by atomic mass is 32.1. The van der Waals surface area contributed by atoms with Crippen LogP contribution >= 0.6 is 12.2 Å². The van der Waals surface area contributed by atoms with E-state index >= 15 is 0 Å². The SMILES string of the molecule is CC(C)(C)N=C1[C@@H](N2CCOCC2)C(C)(C)C(=S)N1c1cccc(C(F)(F)F)c1. The number of benzene rings is 1. The van der Waals surface area contributed by atoms with Crippen LogP contribution in [0.5, 0.6) is 0 Å². The molecule has 2 aliphatic rings. The summed E-state index contributed by atoms with van der Waals surface area (Å²) < 4.78 is 45.5. The van der Waals surface area contributed by atoms with Crippen molar-refractivity contribution in [1.29, 1.82) is 0 Å². The van der Waals surface area contributed by atoms with Gasteiger partial charge in [0.15, 0.2) is 0 Å². The first kappa shape index (κ1) is 22.2. The second-order valence-corrected chi connectivity index (χ2v) is 9.49. The van der Waals surface area contributed by atoms with E-state index in [4.69, 9.17) is 21.9 Å². The highest BCUT2D eigenvalue weighted by molar-refractivity contribution is 7.80. The molecule has 2 saturated heterocycles. The number of amidine groups is 1. The Hall–Kier alpha value is -1.51. The number of thiocarbonyl (C=S) groups is 1. The van der Waals surface area contributed by atoms with Crippen LogP contribution in [0.2, 0.25) is 0 Å². The molecule has 0 radical (unpaired) electrons. The van der Waals surface area contributed by atoms with Crippen LogP contribution in [-0.2, 0) is 10.9 Å².